The zero-order chi connectivity index (χ0) is 22.6. The molecular weight excluding hydrogens is 386 g/mol. The van der Waals surface area contributed by atoms with E-state index in [4.69, 9.17) is 0 Å². The summed E-state index contributed by atoms with van der Waals surface area (Å²) in [4.78, 5) is 11.4. The summed E-state index contributed by atoms with van der Waals surface area (Å²) in [6.07, 6.45) is 25.2. The van der Waals surface area contributed by atoms with Gasteiger partial charge >= 0.3 is 5.97 Å². The number of phenolic OH excluding ortho intramolecular Hbond substituents is 1. The van der Waals surface area contributed by atoms with Crippen molar-refractivity contribution in [3.8, 4) is 5.75 Å². The Morgan fingerprint density at radius 3 is 2.10 bits per heavy atom. The van der Waals surface area contributed by atoms with Crippen molar-refractivity contribution in [3.05, 3.63) is 66.3 Å². The van der Waals surface area contributed by atoms with Crippen LogP contribution in [0.15, 0.2) is 60.7 Å². The van der Waals surface area contributed by atoms with Gasteiger partial charge in [0, 0.05) is 0 Å². The number of carboxylic acid groups (broad SMARTS) is 1. The van der Waals surface area contributed by atoms with Crippen molar-refractivity contribution in [2.75, 3.05) is 6.54 Å². The van der Waals surface area contributed by atoms with Crippen molar-refractivity contribution < 1.29 is 15.0 Å². The van der Waals surface area contributed by atoms with Crippen LogP contribution >= 0.6 is 0 Å². The Bertz CT molecular complexity index is 662. The van der Waals surface area contributed by atoms with Crippen molar-refractivity contribution in [1.29, 1.82) is 0 Å². The van der Waals surface area contributed by atoms with Crippen molar-refractivity contribution in [2.24, 2.45) is 0 Å². The number of rotatable bonds is 18. The van der Waals surface area contributed by atoms with E-state index in [1.165, 1.54) is 25.7 Å². The van der Waals surface area contributed by atoms with Gasteiger partial charge in [0.2, 0.25) is 0 Å². The van der Waals surface area contributed by atoms with Crippen molar-refractivity contribution >= 4 is 5.97 Å². The number of benzene rings is 1. The fraction of sp³-hybridized carbons (Fsp3) is 0.519. The quantitative estimate of drug-likeness (QED) is 0.183. The minimum absolute atomic E-state index is 0.197. The average molecular weight is 428 g/mol. The Hall–Kier alpha value is -2.33. The molecule has 3 N–H and O–H groups in total. The predicted molar refractivity (Wildman–Crippen MR) is 131 cm³/mol. The molecule has 0 aromatic heterocycles. The van der Waals surface area contributed by atoms with Crippen molar-refractivity contribution in [2.45, 2.75) is 83.6 Å². The highest BCUT2D eigenvalue weighted by molar-refractivity contribution is 5.73. The van der Waals surface area contributed by atoms with Gasteiger partial charge in [-0.1, -0.05) is 81.2 Å². The first-order chi connectivity index (χ1) is 15.1. The molecule has 1 atom stereocenters. The number of nitrogens with one attached hydrogen (secondary N) is 1. The van der Waals surface area contributed by atoms with Gasteiger partial charge in [-0.2, -0.15) is 0 Å². The van der Waals surface area contributed by atoms with Crippen LogP contribution in [-0.4, -0.2) is 28.8 Å². The first-order valence-corrected chi connectivity index (χ1v) is 11.8. The zero-order valence-electron chi connectivity index (χ0n) is 19.1. The van der Waals surface area contributed by atoms with Gasteiger partial charge in [-0.05, 0) is 69.2 Å². The fourth-order valence-electron chi connectivity index (χ4n) is 3.31. The second kappa shape index (κ2) is 18.4. The topological polar surface area (TPSA) is 69.6 Å². The molecule has 172 valence electrons. The zero-order valence-corrected chi connectivity index (χ0v) is 19.1. The standard InChI is InChI=1S/C27H41NO3/c1-2-3-4-5-6-7-8-9-10-11-12-13-14-15-16-17-22-28-26(27(30)31)23-24-18-20-25(29)21-19-24/h3-4,6-7,9-10,18-21,26,28-29H,2,5,8,11-17,22-23H2,1H3,(H,30,31)/b4-3-,7-6-,10-9-. The third-order valence-electron chi connectivity index (χ3n) is 5.14. The van der Waals surface area contributed by atoms with E-state index in [2.05, 4.69) is 48.7 Å². The molecule has 0 amide bonds. The monoisotopic (exact) mass is 427 g/mol. The first kappa shape index (κ1) is 26.7. The van der Waals surface area contributed by atoms with Crippen LogP contribution < -0.4 is 5.32 Å². The summed E-state index contributed by atoms with van der Waals surface area (Å²) in [5.41, 5.74) is 0.909. The number of aromatic hydroxyl groups is 1. The van der Waals surface area contributed by atoms with Crippen molar-refractivity contribution in [3.63, 3.8) is 0 Å². The second-order valence-electron chi connectivity index (χ2n) is 7.92. The molecular formula is C27H41NO3. The molecule has 31 heavy (non-hydrogen) atoms. The Morgan fingerprint density at radius 1 is 0.871 bits per heavy atom. The van der Waals surface area contributed by atoms with Gasteiger partial charge in [0.1, 0.15) is 11.8 Å². The van der Waals surface area contributed by atoms with E-state index in [9.17, 15) is 15.0 Å². The summed E-state index contributed by atoms with van der Waals surface area (Å²) in [6.45, 7) is 2.87. The van der Waals surface area contributed by atoms with Gasteiger partial charge in [0.25, 0.3) is 0 Å². The van der Waals surface area contributed by atoms with E-state index in [-0.39, 0.29) is 5.75 Å². The molecule has 0 spiro atoms. The van der Waals surface area contributed by atoms with E-state index in [1.54, 1.807) is 24.3 Å². The van der Waals surface area contributed by atoms with E-state index in [0.29, 0.717) is 6.42 Å². The van der Waals surface area contributed by atoms with Crippen molar-refractivity contribution in [1.82, 2.24) is 5.32 Å². The third-order valence-corrected chi connectivity index (χ3v) is 5.14. The van der Waals surface area contributed by atoms with Gasteiger partial charge in [-0.3, -0.25) is 4.79 Å². The van der Waals surface area contributed by atoms with E-state index < -0.39 is 12.0 Å². The van der Waals surface area contributed by atoms with Crippen LogP contribution in [0.2, 0.25) is 0 Å². The summed E-state index contributed by atoms with van der Waals surface area (Å²) < 4.78 is 0. The molecule has 0 aliphatic rings. The Balaban J connectivity index is 1.99. The molecule has 1 unspecified atom stereocenters. The van der Waals surface area contributed by atoms with Crippen LogP contribution in [0, 0.1) is 0 Å². The molecule has 0 saturated carbocycles. The highest BCUT2D eigenvalue weighted by Gasteiger charge is 2.16. The lowest BCUT2D eigenvalue weighted by molar-refractivity contribution is -0.139. The summed E-state index contributed by atoms with van der Waals surface area (Å²) in [5.74, 6) is -0.632. The number of carbonyl (C=O) groups is 1. The Morgan fingerprint density at radius 2 is 1.45 bits per heavy atom. The third kappa shape index (κ3) is 15.2. The maximum Gasteiger partial charge on any atom is 0.321 e. The average Bonchev–Trinajstić information content (AvgIpc) is 2.76. The number of carboxylic acids is 1. The SMILES string of the molecule is CC/C=C\C/C=C\C/C=C\CCCCCCCCNC(Cc1ccc(O)cc1)C(=O)O. The fourth-order valence-corrected chi connectivity index (χ4v) is 3.31. The second-order valence-corrected chi connectivity index (χ2v) is 7.92. The highest BCUT2D eigenvalue weighted by Crippen LogP contribution is 2.12. The molecule has 4 heteroatoms. The van der Waals surface area contributed by atoms with Crippen LogP contribution in [-0.2, 0) is 11.2 Å². The van der Waals surface area contributed by atoms with E-state index >= 15 is 0 Å². The number of unbranched alkanes of at least 4 members (excludes halogenated alkanes) is 6. The number of hydrogen-bond donors (Lipinski definition) is 3. The molecule has 0 fully saturated rings. The molecule has 0 radical (unpaired) electrons. The molecule has 4 nitrogen and oxygen atoms in total. The van der Waals surface area contributed by atoms with E-state index in [1.807, 2.05) is 0 Å². The predicted octanol–water partition coefficient (Wildman–Crippen LogP) is 6.57. The summed E-state index contributed by atoms with van der Waals surface area (Å²) in [5, 5.41) is 21.9. The van der Waals surface area contributed by atoms with Crippen LogP contribution in [0.3, 0.4) is 0 Å². The molecule has 1 aromatic rings. The molecule has 0 saturated heterocycles. The largest absolute Gasteiger partial charge is 0.508 e. The maximum atomic E-state index is 11.4. The summed E-state index contributed by atoms with van der Waals surface area (Å²) >= 11 is 0. The van der Waals surface area contributed by atoms with Crippen LogP contribution in [0.25, 0.3) is 0 Å². The number of phenols is 1. The molecule has 0 aliphatic heterocycles. The molecule has 1 rings (SSSR count). The smallest absolute Gasteiger partial charge is 0.321 e. The van der Waals surface area contributed by atoms with Gasteiger partial charge in [0.05, 0.1) is 0 Å². The van der Waals surface area contributed by atoms with Crippen LogP contribution in [0.1, 0.15) is 76.7 Å². The number of aliphatic carboxylic acids is 1. The van der Waals surface area contributed by atoms with Gasteiger partial charge < -0.3 is 15.5 Å². The highest BCUT2D eigenvalue weighted by atomic mass is 16.4. The lowest BCUT2D eigenvalue weighted by atomic mass is 10.1. The van der Waals surface area contributed by atoms with Gasteiger partial charge in [-0.25, -0.2) is 0 Å². The number of hydrogen-bond acceptors (Lipinski definition) is 3. The minimum atomic E-state index is -0.829. The Labute approximate surface area is 188 Å². The molecule has 0 heterocycles. The van der Waals surface area contributed by atoms with Gasteiger partial charge in [0.15, 0.2) is 0 Å². The lowest BCUT2D eigenvalue weighted by Gasteiger charge is -2.14. The van der Waals surface area contributed by atoms with Crippen LogP contribution in [0.5, 0.6) is 5.75 Å². The lowest BCUT2D eigenvalue weighted by Crippen LogP contribution is -2.39. The summed E-state index contributed by atoms with van der Waals surface area (Å²) in [6, 6.07) is 6.14. The Kier molecular flexibility index (Phi) is 15.9. The number of allylic oxidation sites excluding steroid dienone is 6. The molecule has 0 aliphatic carbocycles. The summed E-state index contributed by atoms with van der Waals surface area (Å²) in [7, 11) is 0. The normalized spacial score (nSPS) is 12.9. The maximum absolute atomic E-state index is 11.4. The molecule has 1 aromatic carbocycles. The minimum Gasteiger partial charge on any atom is -0.508 e. The van der Waals surface area contributed by atoms with Gasteiger partial charge in [-0.15, -0.1) is 0 Å². The van der Waals surface area contributed by atoms with Crippen LogP contribution in [0.4, 0.5) is 0 Å². The molecule has 0 bridgehead atoms. The van der Waals surface area contributed by atoms with E-state index in [0.717, 1.165) is 50.6 Å². The first-order valence-electron chi connectivity index (χ1n) is 11.8.